The average molecular weight is 295 g/mol. The molecule has 8 nitrogen and oxygen atoms in total. The Morgan fingerprint density at radius 2 is 2.24 bits per heavy atom. The Morgan fingerprint density at radius 1 is 1.52 bits per heavy atom. The molecule has 0 spiro atoms. The number of amides is 1. The van der Waals surface area contributed by atoms with Gasteiger partial charge in [0.15, 0.2) is 0 Å². The summed E-state index contributed by atoms with van der Waals surface area (Å²) in [6.45, 7) is 5.55. The minimum absolute atomic E-state index is 0.316. The number of nitrogens with two attached hydrogens (primary N) is 1. The molecule has 2 rings (SSSR count). The maximum atomic E-state index is 12.1. The Kier molecular flexibility index (Phi) is 4.46. The summed E-state index contributed by atoms with van der Waals surface area (Å²) < 4.78 is 6.70. The number of esters is 1. The molecule has 0 aromatic carbocycles. The molecular weight excluding hydrogens is 274 g/mol. The normalized spacial score (nSPS) is 18.6. The van der Waals surface area contributed by atoms with Crippen molar-refractivity contribution in [2.75, 3.05) is 31.1 Å². The van der Waals surface area contributed by atoms with Crippen LogP contribution in [0.25, 0.3) is 0 Å². The lowest BCUT2D eigenvalue weighted by molar-refractivity contribution is -0.144. The highest BCUT2D eigenvalue weighted by Gasteiger charge is 2.34. The van der Waals surface area contributed by atoms with Crippen LogP contribution in [-0.2, 0) is 16.6 Å². The van der Waals surface area contributed by atoms with Crippen LogP contribution in [0.2, 0.25) is 0 Å². The van der Waals surface area contributed by atoms with Crippen molar-refractivity contribution in [3.8, 4) is 0 Å². The Balaban J connectivity index is 2.42. The van der Waals surface area contributed by atoms with E-state index in [1.54, 1.807) is 25.6 Å². The second-order valence-electron chi connectivity index (χ2n) is 4.94. The first-order valence-electron chi connectivity index (χ1n) is 6.94. The van der Waals surface area contributed by atoms with Gasteiger partial charge in [0, 0.05) is 26.7 Å². The molecule has 1 fully saturated rings. The first-order chi connectivity index (χ1) is 9.97. The van der Waals surface area contributed by atoms with Crippen LogP contribution >= 0.6 is 0 Å². The first kappa shape index (κ1) is 15.3. The molecule has 1 aliphatic heterocycles. The number of hydrogen-bond acceptors (Lipinski definition) is 6. The van der Waals surface area contributed by atoms with Gasteiger partial charge < -0.3 is 20.7 Å². The number of piperazine rings is 1. The molecule has 0 aliphatic carbocycles. The molecular formula is C13H21N5O3. The summed E-state index contributed by atoms with van der Waals surface area (Å²) in [5.74, 6) is -0.296. The second kappa shape index (κ2) is 6.13. The quantitative estimate of drug-likeness (QED) is 0.703. The molecule has 1 amide bonds. The Labute approximate surface area is 123 Å². The van der Waals surface area contributed by atoms with Crippen LogP contribution in [0.4, 0.5) is 5.82 Å². The van der Waals surface area contributed by atoms with E-state index in [0.29, 0.717) is 43.3 Å². The van der Waals surface area contributed by atoms with Crippen molar-refractivity contribution in [1.82, 2.24) is 15.1 Å². The van der Waals surface area contributed by atoms with Gasteiger partial charge in [-0.25, -0.2) is 4.79 Å². The number of carbonyl (C=O) groups is 2. The van der Waals surface area contributed by atoms with Gasteiger partial charge >= 0.3 is 5.97 Å². The molecule has 3 N–H and O–H groups in total. The van der Waals surface area contributed by atoms with Crippen LogP contribution in [0.5, 0.6) is 0 Å². The van der Waals surface area contributed by atoms with Gasteiger partial charge in [-0.2, -0.15) is 5.10 Å². The van der Waals surface area contributed by atoms with Gasteiger partial charge in [0.25, 0.3) is 5.91 Å². The predicted molar refractivity (Wildman–Crippen MR) is 77.1 cm³/mol. The van der Waals surface area contributed by atoms with Crippen molar-refractivity contribution in [2.45, 2.75) is 19.9 Å². The van der Waals surface area contributed by atoms with Gasteiger partial charge in [0.2, 0.25) is 0 Å². The molecule has 1 aliphatic rings. The number of primary amides is 1. The Morgan fingerprint density at radius 3 is 2.86 bits per heavy atom. The number of carbonyl (C=O) groups excluding carboxylic acids is 2. The van der Waals surface area contributed by atoms with E-state index in [2.05, 4.69) is 10.4 Å². The molecule has 1 aromatic heterocycles. The zero-order valence-electron chi connectivity index (χ0n) is 12.5. The lowest BCUT2D eigenvalue weighted by atomic mass is 10.1. The number of nitrogens with one attached hydrogen (secondary N) is 1. The number of rotatable bonds is 4. The number of ether oxygens (including phenoxy) is 1. The summed E-state index contributed by atoms with van der Waals surface area (Å²) in [7, 11) is 1.74. The fourth-order valence-corrected chi connectivity index (χ4v) is 2.67. The summed E-state index contributed by atoms with van der Waals surface area (Å²) in [4.78, 5) is 25.7. The van der Waals surface area contributed by atoms with E-state index in [1.807, 2.05) is 4.90 Å². The number of nitrogens with zero attached hydrogens (tertiary/aromatic N) is 3. The van der Waals surface area contributed by atoms with Gasteiger partial charge in [-0.3, -0.25) is 9.48 Å². The monoisotopic (exact) mass is 295 g/mol. The average Bonchev–Trinajstić information content (AvgIpc) is 2.73. The zero-order valence-corrected chi connectivity index (χ0v) is 12.5. The minimum atomic E-state index is -0.545. The van der Waals surface area contributed by atoms with Crippen molar-refractivity contribution >= 4 is 17.7 Å². The maximum absolute atomic E-state index is 12.1. The second-order valence-corrected chi connectivity index (χ2v) is 4.94. The third-order valence-corrected chi connectivity index (χ3v) is 3.51. The third kappa shape index (κ3) is 2.85. The number of aromatic nitrogens is 2. The third-order valence-electron chi connectivity index (χ3n) is 3.51. The van der Waals surface area contributed by atoms with E-state index < -0.39 is 11.9 Å². The number of aryl methyl sites for hydroxylation is 2. The number of anilines is 1. The molecule has 1 aromatic rings. The van der Waals surface area contributed by atoms with E-state index >= 15 is 0 Å². The van der Waals surface area contributed by atoms with E-state index in [0.717, 1.165) is 0 Å². The van der Waals surface area contributed by atoms with Crippen LogP contribution < -0.4 is 16.0 Å². The fourth-order valence-electron chi connectivity index (χ4n) is 2.67. The topological polar surface area (TPSA) is 102 Å². The molecule has 0 radical (unpaired) electrons. The largest absolute Gasteiger partial charge is 0.464 e. The zero-order chi connectivity index (χ0) is 15.6. The fraction of sp³-hybridized carbons (Fsp3) is 0.615. The maximum Gasteiger partial charge on any atom is 0.330 e. The lowest BCUT2D eigenvalue weighted by Crippen LogP contribution is -2.56. The van der Waals surface area contributed by atoms with Crippen LogP contribution in [0, 0.1) is 6.92 Å². The molecule has 0 saturated carbocycles. The highest BCUT2D eigenvalue weighted by atomic mass is 16.5. The highest BCUT2D eigenvalue weighted by Crippen LogP contribution is 2.25. The molecule has 1 saturated heterocycles. The smallest absolute Gasteiger partial charge is 0.330 e. The Hall–Kier alpha value is -2.09. The van der Waals surface area contributed by atoms with Crippen molar-refractivity contribution in [3.63, 3.8) is 0 Å². The molecule has 21 heavy (non-hydrogen) atoms. The highest BCUT2D eigenvalue weighted by molar-refractivity contribution is 5.99. The van der Waals surface area contributed by atoms with Gasteiger partial charge in [0.05, 0.1) is 12.3 Å². The van der Waals surface area contributed by atoms with Gasteiger partial charge in [-0.1, -0.05) is 0 Å². The van der Waals surface area contributed by atoms with Gasteiger partial charge in [-0.15, -0.1) is 0 Å². The van der Waals surface area contributed by atoms with E-state index in [9.17, 15) is 9.59 Å². The van der Waals surface area contributed by atoms with E-state index in [1.165, 1.54) is 0 Å². The lowest BCUT2D eigenvalue weighted by Gasteiger charge is -2.36. The first-order valence-corrected chi connectivity index (χ1v) is 6.94. The van der Waals surface area contributed by atoms with Crippen molar-refractivity contribution < 1.29 is 14.3 Å². The molecule has 8 heteroatoms. The number of hydrogen-bond donors (Lipinski definition) is 2. The van der Waals surface area contributed by atoms with Crippen molar-refractivity contribution in [3.05, 3.63) is 11.3 Å². The summed E-state index contributed by atoms with van der Waals surface area (Å²) in [5, 5.41) is 7.41. The van der Waals surface area contributed by atoms with Gasteiger partial charge in [-0.05, 0) is 13.8 Å². The van der Waals surface area contributed by atoms with Crippen molar-refractivity contribution in [1.29, 1.82) is 0 Å². The SMILES string of the molecule is CCOC(=O)C1CNCCN1c1c(C(N)=O)c(C)nn1C. The summed E-state index contributed by atoms with van der Waals surface area (Å²) >= 11 is 0. The van der Waals surface area contributed by atoms with E-state index in [-0.39, 0.29) is 5.97 Å². The predicted octanol–water partition coefficient (Wildman–Crippen LogP) is -0.831. The summed E-state index contributed by atoms with van der Waals surface area (Å²) in [6.07, 6.45) is 0. The van der Waals surface area contributed by atoms with Crippen LogP contribution in [0.15, 0.2) is 0 Å². The molecule has 1 atom stereocenters. The van der Waals surface area contributed by atoms with Crippen LogP contribution in [0.3, 0.4) is 0 Å². The summed E-state index contributed by atoms with van der Waals surface area (Å²) in [5.41, 5.74) is 6.38. The van der Waals surface area contributed by atoms with Gasteiger partial charge in [0.1, 0.15) is 17.4 Å². The molecule has 1 unspecified atom stereocenters. The molecule has 0 bridgehead atoms. The minimum Gasteiger partial charge on any atom is -0.464 e. The molecule has 116 valence electrons. The van der Waals surface area contributed by atoms with E-state index in [4.69, 9.17) is 10.5 Å². The Bertz CT molecular complexity index is 554. The molecule has 2 heterocycles. The van der Waals surface area contributed by atoms with Crippen LogP contribution in [-0.4, -0.2) is 53.9 Å². The summed E-state index contributed by atoms with van der Waals surface area (Å²) in [6, 6.07) is -0.494. The van der Waals surface area contributed by atoms with Crippen molar-refractivity contribution in [2.24, 2.45) is 12.8 Å². The standard InChI is InChI=1S/C13H21N5O3/c1-4-21-13(20)9-7-15-5-6-18(9)12-10(11(14)19)8(2)16-17(12)3/h9,15H,4-7H2,1-3H3,(H2,14,19). The van der Waals surface area contributed by atoms with Crippen LogP contribution in [0.1, 0.15) is 23.0 Å².